The number of aromatic amines is 1. The Hall–Kier alpha value is -1.83. The van der Waals surface area contributed by atoms with Crippen LogP contribution in [0.25, 0.3) is 0 Å². The third kappa shape index (κ3) is 8.21. The summed E-state index contributed by atoms with van der Waals surface area (Å²) in [5.74, 6) is 0.365. The Kier molecular flexibility index (Phi) is 10.8. The van der Waals surface area contributed by atoms with Crippen LogP contribution in [0.15, 0.2) is 40.1 Å². The third-order valence-electron chi connectivity index (χ3n) is 9.39. The monoisotopic (exact) mass is 618 g/mol. The van der Waals surface area contributed by atoms with Crippen molar-refractivity contribution in [3.8, 4) is 0 Å². The van der Waals surface area contributed by atoms with Gasteiger partial charge in [0.25, 0.3) is 5.56 Å². The van der Waals surface area contributed by atoms with Crippen LogP contribution >= 0.6 is 0 Å². The Morgan fingerprint density at radius 2 is 1.55 bits per heavy atom. The predicted molar refractivity (Wildman–Crippen MR) is 174 cm³/mol. The molecule has 2 heterocycles. The van der Waals surface area contributed by atoms with Gasteiger partial charge in [-0.2, -0.15) is 0 Å². The van der Waals surface area contributed by atoms with E-state index in [-0.39, 0.29) is 28.9 Å². The van der Waals surface area contributed by atoms with Gasteiger partial charge in [0.1, 0.15) is 12.3 Å². The highest BCUT2D eigenvalue weighted by Crippen LogP contribution is 2.42. The number of aromatic nitrogens is 2. The van der Waals surface area contributed by atoms with Crippen LogP contribution in [-0.4, -0.2) is 45.0 Å². The first-order valence-corrected chi connectivity index (χ1v) is 21.0. The molecule has 10 heteroatoms. The molecule has 1 aliphatic heterocycles. The molecule has 1 N–H and O–H groups in total. The zero-order valence-electron chi connectivity index (χ0n) is 27.9. The second kappa shape index (κ2) is 13.0. The van der Waals surface area contributed by atoms with E-state index in [0.717, 1.165) is 5.56 Å². The summed E-state index contributed by atoms with van der Waals surface area (Å²) in [7, 11) is -4.18. The fourth-order valence-electron chi connectivity index (χ4n) is 4.55. The maximum Gasteiger partial charge on any atom is 0.330 e. The number of nitrogens with one attached hydrogen (secondary N) is 1. The van der Waals surface area contributed by atoms with E-state index in [2.05, 4.69) is 92.6 Å². The number of hydrogen-bond acceptors (Lipinski definition) is 6. The number of nitrogens with zero attached hydrogens (tertiary/aromatic N) is 1. The predicted octanol–water partition coefficient (Wildman–Crippen LogP) is 7.08. The lowest BCUT2D eigenvalue weighted by molar-refractivity contribution is -0.0414. The molecule has 3 atom stereocenters. The van der Waals surface area contributed by atoms with Gasteiger partial charge in [0.2, 0.25) is 0 Å². The van der Waals surface area contributed by atoms with Crippen molar-refractivity contribution in [2.75, 3.05) is 6.61 Å². The van der Waals surface area contributed by atoms with Gasteiger partial charge in [-0.05, 0) is 53.3 Å². The molecule has 2 aromatic rings. The summed E-state index contributed by atoms with van der Waals surface area (Å²) in [6.07, 6.45) is 0.931. The lowest BCUT2D eigenvalue weighted by Crippen LogP contribution is -2.48. The van der Waals surface area contributed by atoms with Crippen LogP contribution < -0.4 is 11.2 Å². The van der Waals surface area contributed by atoms with Crippen LogP contribution in [0.3, 0.4) is 0 Å². The number of H-pyrrole nitrogens is 1. The lowest BCUT2D eigenvalue weighted by Gasteiger charge is -2.40. The van der Waals surface area contributed by atoms with Crippen molar-refractivity contribution in [2.45, 2.75) is 136 Å². The smallest absolute Gasteiger partial charge is 0.330 e. The summed E-state index contributed by atoms with van der Waals surface area (Å²) in [6, 6.07) is 8.15. The van der Waals surface area contributed by atoms with Gasteiger partial charge >= 0.3 is 5.69 Å². The van der Waals surface area contributed by atoms with Gasteiger partial charge in [0.05, 0.1) is 31.5 Å². The van der Waals surface area contributed by atoms with E-state index < -0.39 is 34.1 Å². The van der Waals surface area contributed by atoms with E-state index in [9.17, 15) is 9.59 Å². The molecule has 1 aromatic heterocycles. The summed E-state index contributed by atoms with van der Waals surface area (Å²) < 4.78 is 27.4. The van der Waals surface area contributed by atoms with Crippen LogP contribution in [0.4, 0.5) is 0 Å². The van der Waals surface area contributed by atoms with E-state index in [1.165, 1.54) is 10.1 Å². The molecule has 3 rings (SSSR count). The Balaban J connectivity index is 1.83. The molecule has 0 radical (unpaired) electrons. The topological polar surface area (TPSA) is 91.8 Å². The Bertz CT molecular complexity index is 1320. The quantitative estimate of drug-likeness (QED) is 0.271. The molecule has 0 saturated carbocycles. The van der Waals surface area contributed by atoms with Gasteiger partial charge in [0.15, 0.2) is 16.6 Å². The average molecular weight is 619 g/mol. The lowest BCUT2D eigenvalue weighted by atomic mass is 9.98. The normalized spacial score (nSPS) is 20.5. The summed E-state index contributed by atoms with van der Waals surface area (Å²) in [4.78, 5) is 28.2. The molecule has 1 aliphatic rings. The van der Waals surface area contributed by atoms with Crippen molar-refractivity contribution in [1.82, 2.24) is 9.55 Å². The van der Waals surface area contributed by atoms with Crippen molar-refractivity contribution < 1.29 is 18.3 Å². The standard InChI is InChI=1S/C32H54N2O6Si2/c1-22(2)25-16-14-13-15-23(25)19-37-20-24-18-34(30(36)33-29(24)35)28-17-26(40-42(11,12)32(6,7)8)27(39-28)21-38-41(9,10)31(3,4)5/h13-16,18,22,26-28H,17,19-21H2,1-12H3,(H,33,35,36)/t26-,27+,28+/m0/s1. The molecular weight excluding hydrogens is 565 g/mol. The maximum atomic E-state index is 13.0. The van der Waals surface area contributed by atoms with Gasteiger partial charge in [0, 0.05) is 12.6 Å². The molecule has 42 heavy (non-hydrogen) atoms. The van der Waals surface area contributed by atoms with E-state index in [1.807, 2.05) is 18.2 Å². The molecule has 0 aliphatic carbocycles. The highest BCUT2D eigenvalue weighted by atomic mass is 28.4. The van der Waals surface area contributed by atoms with Crippen molar-refractivity contribution >= 4 is 16.6 Å². The average Bonchev–Trinajstić information content (AvgIpc) is 3.24. The van der Waals surface area contributed by atoms with Gasteiger partial charge in [-0.15, -0.1) is 0 Å². The minimum absolute atomic E-state index is 0.0173. The molecule has 0 bridgehead atoms. The number of benzene rings is 1. The maximum absolute atomic E-state index is 13.0. The molecule has 1 fully saturated rings. The second-order valence-corrected chi connectivity index (χ2v) is 24.6. The summed E-state index contributed by atoms with van der Waals surface area (Å²) in [5, 5.41) is 0.0741. The highest BCUT2D eigenvalue weighted by Gasteiger charge is 2.46. The summed E-state index contributed by atoms with van der Waals surface area (Å²) in [6.45, 7) is 27.3. The largest absolute Gasteiger partial charge is 0.414 e. The molecule has 0 amide bonds. The zero-order chi connectivity index (χ0) is 31.7. The third-order valence-corrected chi connectivity index (χ3v) is 18.4. The van der Waals surface area contributed by atoms with Gasteiger partial charge < -0.3 is 18.3 Å². The SMILES string of the molecule is CC(C)c1ccccc1COCc1cn([C@H]2C[C@H](O[Si](C)(C)C(C)(C)C)[C@@H](CO[Si](C)(C)C(C)(C)C)O2)c(=O)[nH]c1=O. The summed E-state index contributed by atoms with van der Waals surface area (Å²) >= 11 is 0. The molecular formula is C32H54N2O6Si2. The molecule has 0 spiro atoms. The van der Waals surface area contributed by atoms with Crippen molar-refractivity contribution in [3.63, 3.8) is 0 Å². The first-order valence-electron chi connectivity index (χ1n) is 15.2. The van der Waals surface area contributed by atoms with Crippen LogP contribution in [-0.2, 0) is 31.5 Å². The highest BCUT2D eigenvalue weighted by molar-refractivity contribution is 6.74. The molecule has 236 valence electrons. The van der Waals surface area contributed by atoms with Crippen LogP contribution in [0.2, 0.25) is 36.3 Å². The first-order chi connectivity index (χ1) is 19.2. The Morgan fingerprint density at radius 1 is 0.952 bits per heavy atom. The molecule has 1 aromatic carbocycles. The minimum Gasteiger partial charge on any atom is -0.414 e. The molecule has 8 nitrogen and oxygen atoms in total. The second-order valence-electron chi connectivity index (χ2n) is 15.0. The summed E-state index contributed by atoms with van der Waals surface area (Å²) in [5.41, 5.74) is 1.73. The van der Waals surface area contributed by atoms with Crippen LogP contribution in [0, 0.1) is 0 Å². The minimum atomic E-state index is -2.14. The van der Waals surface area contributed by atoms with Crippen LogP contribution in [0.5, 0.6) is 0 Å². The first kappa shape index (κ1) is 34.7. The molecule has 0 unspecified atom stereocenters. The van der Waals surface area contributed by atoms with E-state index in [1.54, 1.807) is 6.20 Å². The van der Waals surface area contributed by atoms with Crippen LogP contribution in [0.1, 0.15) is 90.6 Å². The zero-order valence-corrected chi connectivity index (χ0v) is 29.9. The molecule has 1 saturated heterocycles. The van der Waals surface area contributed by atoms with Crippen molar-refractivity contribution in [1.29, 1.82) is 0 Å². The van der Waals surface area contributed by atoms with Gasteiger partial charge in [-0.3, -0.25) is 14.3 Å². The Labute approximate surface area is 254 Å². The number of ether oxygens (including phenoxy) is 2. The van der Waals surface area contributed by atoms with Crippen molar-refractivity contribution in [3.05, 3.63) is 68.0 Å². The number of rotatable bonds is 11. The Morgan fingerprint density at radius 3 is 2.14 bits per heavy atom. The fraction of sp³-hybridized carbons (Fsp3) is 0.688. The van der Waals surface area contributed by atoms with Gasteiger partial charge in [-0.1, -0.05) is 79.7 Å². The number of hydrogen-bond donors (Lipinski definition) is 1. The van der Waals surface area contributed by atoms with Crippen molar-refractivity contribution in [2.24, 2.45) is 0 Å². The van der Waals surface area contributed by atoms with E-state index >= 15 is 0 Å². The van der Waals surface area contributed by atoms with E-state index in [4.69, 9.17) is 18.3 Å². The van der Waals surface area contributed by atoms with Gasteiger partial charge in [-0.25, -0.2) is 4.79 Å². The fourth-order valence-corrected chi connectivity index (χ4v) is 6.92. The van der Waals surface area contributed by atoms with E-state index in [0.29, 0.717) is 31.1 Å².